The van der Waals surface area contributed by atoms with Crippen molar-refractivity contribution in [2.75, 3.05) is 5.32 Å². The summed E-state index contributed by atoms with van der Waals surface area (Å²) in [7, 11) is 0. The Kier molecular flexibility index (Phi) is 3.44. The van der Waals surface area contributed by atoms with Gasteiger partial charge in [0.05, 0.1) is 6.04 Å². The van der Waals surface area contributed by atoms with Crippen LogP contribution in [0.5, 0.6) is 0 Å². The maximum absolute atomic E-state index is 3.82. The van der Waals surface area contributed by atoms with Crippen LogP contribution in [-0.2, 0) is 5.41 Å². The van der Waals surface area contributed by atoms with E-state index in [1.807, 2.05) is 0 Å². The summed E-state index contributed by atoms with van der Waals surface area (Å²) in [4.78, 5) is 0. The molecular formula is C25H27N. The first-order chi connectivity index (χ1) is 12.6. The second kappa shape index (κ2) is 5.61. The Bertz CT molecular complexity index is 918. The lowest BCUT2D eigenvalue weighted by atomic mass is 9.77. The molecule has 1 N–H and O–H groups in total. The number of hydrogen-bond donors (Lipinski definition) is 1. The molecule has 0 bridgehead atoms. The number of allylic oxidation sites excluding steroid dienone is 2. The molecule has 3 aliphatic rings. The van der Waals surface area contributed by atoms with Gasteiger partial charge in [0.15, 0.2) is 0 Å². The highest BCUT2D eigenvalue weighted by molar-refractivity contribution is 5.82. The normalized spacial score (nSPS) is 30.0. The van der Waals surface area contributed by atoms with Gasteiger partial charge >= 0.3 is 0 Å². The molecule has 132 valence electrons. The molecule has 5 rings (SSSR count). The Morgan fingerprint density at radius 1 is 0.885 bits per heavy atom. The van der Waals surface area contributed by atoms with Crippen LogP contribution < -0.4 is 5.32 Å². The Balaban J connectivity index is 1.47. The largest absolute Gasteiger partial charge is 0.378 e. The van der Waals surface area contributed by atoms with Crippen LogP contribution in [0.4, 0.5) is 5.69 Å². The molecular weight excluding hydrogens is 314 g/mol. The number of anilines is 1. The molecule has 1 heteroatoms. The number of benzene rings is 2. The van der Waals surface area contributed by atoms with Crippen molar-refractivity contribution in [1.29, 1.82) is 0 Å². The summed E-state index contributed by atoms with van der Waals surface area (Å²) in [5, 5.41) is 3.82. The van der Waals surface area contributed by atoms with Crippen LogP contribution in [0.15, 0.2) is 66.8 Å². The average Bonchev–Trinajstić information content (AvgIpc) is 3.15. The maximum Gasteiger partial charge on any atom is 0.0512 e. The van der Waals surface area contributed by atoms with Gasteiger partial charge < -0.3 is 5.32 Å². The molecule has 3 aliphatic carbocycles. The Morgan fingerprint density at radius 2 is 1.69 bits per heavy atom. The molecule has 0 aromatic heterocycles. The molecule has 0 saturated carbocycles. The summed E-state index contributed by atoms with van der Waals surface area (Å²) in [6.45, 7) is 7.07. The molecule has 0 aliphatic heterocycles. The standard InChI is InChI=1S/C25H27N/c1-16-7-6-9-21-18(16)13-14-24(21)26-17-11-12-20-19-8-4-5-10-22(19)25(2,3)23(20)15-17/h4-6,8-16,18,21,24,26H,7H2,1-3H3/t16-,18+,21-,24?/m0/s1. The summed E-state index contributed by atoms with van der Waals surface area (Å²) in [6.07, 6.45) is 10.8. The van der Waals surface area contributed by atoms with Gasteiger partial charge in [-0.1, -0.05) is 75.4 Å². The van der Waals surface area contributed by atoms with Gasteiger partial charge in [0.2, 0.25) is 0 Å². The van der Waals surface area contributed by atoms with Crippen LogP contribution in [0.25, 0.3) is 11.1 Å². The quantitative estimate of drug-likeness (QED) is 0.644. The number of rotatable bonds is 2. The van der Waals surface area contributed by atoms with Gasteiger partial charge in [-0.05, 0) is 52.6 Å². The van der Waals surface area contributed by atoms with Crippen LogP contribution in [0.1, 0.15) is 38.3 Å². The molecule has 0 spiro atoms. The summed E-state index contributed by atoms with van der Waals surface area (Å²) in [5.41, 5.74) is 6.97. The third kappa shape index (κ3) is 2.23. The zero-order chi connectivity index (χ0) is 17.9. The summed E-state index contributed by atoms with van der Waals surface area (Å²) in [6, 6.07) is 16.2. The lowest BCUT2D eigenvalue weighted by Gasteiger charge is -2.31. The molecule has 26 heavy (non-hydrogen) atoms. The summed E-state index contributed by atoms with van der Waals surface area (Å²) < 4.78 is 0. The van der Waals surface area contributed by atoms with Crippen molar-refractivity contribution in [2.45, 2.75) is 38.6 Å². The van der Waals surface area contributed by atoms with Crippen LogP contribution in [0.3, 0.4) is 0 Å². The second-order valence-electron chi connectivity index (χ2n) is 8.78. The van der Waals surface area contributed by atoms with E-state index in [2.05, 4.69) is 92.9 Å². The van der Waals surface area contributed by atoms with E-state index in [-0.39, 0.29) is 5.41 Å². The number of nitrogens with one attached hydrogen (secondary N) is 1. The fourth-order valence-electron chi connectivity index (χ4n) is 5.30. The fourth-order valence-corrected chi connectivity index (χ4v) is 5.30. The maximum atomic E-state index is 3.82. The Labute approximate surface area is 156 Å². The van der Waals surface area contributed by atoms with Crippen molar-refractivity contribution in [1.82, 2.24) is 0 Å². The minimum absolute atomic E-state index is 0.0664. The SMILES string of the molecule is C[C@H]1CC=C[C@@H]2C(Nc3ccc4c(c3)C(C)(C)c3ccccc3-4)C=C[C@@H]21. The van der Waals surface area contributed by atoms with E-state index in [4.69, 9.17) is 0 Å². The van der Waals surface area contributed by atoms with Crippen LogP contribution in [0.2, 0.25) is 0 Å². The molecule has 0 heterocycles. The van der Waals surface area contributed by atoms with E-state index < -0.39 is 0 Å². The van der Waals surface area contributed by atoms with Crippen LogP contribution >= 0.6 is 0 Å². The van der Waals surface area contributed by atoms with Crippen molar-refractivity contribution in [3.63, 3.8) is 0 Å². The highest BCUT2D eigenvalue weighted by Gasteiger charge is 2.37. The van der Waals surface area contributed by atoms with Gasteiger partial charge in [0.1, 0.15) is 0 Å². The van der Waals surface area contributed by atoms with Crippen molar-refractivity contribution < 1.29 is 0 Å². The zero-order valence-corrected chi connectivity index (χ0v) is 15.9. The van der Waals surface area contributed by atoms with Gasteiger partial charge in [-0.3, -0.25) is 0 Å². The molecule has 0 saturated heterocycles. The van der Waals surface area contributed by atoms with Crippen molar-refractivity contribution in [2.24, 2.45) is 17.8 Å². The van der Waals surface area contributed by atoms with E-state index in [0.717, 1.165) is 5.92 Å². The van der Waals surface area contributed by atoms with Gasteiger partial charge in [-0.2, -0.15) is 0 Å². The smallest absolute Gasteiger partial charge is 0.0512 e. The van der Waals surface area contributed by atoms with Crippen LogP contribution in [0, 0.1) is 17.8 Å². The first-order valence-electron chi connectivity index (χ1n) is 9.91. The zero-order valence-electron chi connectivity index (χ0n) is 15.9. The predicted octanol–water partition coefficient (Wildman–Crippen LogP) is 6.17. The topological polar surface area (TPSA) is 12.0 Å². The van der Waals surface area contributed by atoms with E-state index >= 15 is 0 Å². The third-order valence-corrected chi connectivity index (χ3v) is 6.84. The number of fused-ring (bicyclic) bond motifs is 4. The van der Waals surface area contributed by atoms with Crippen molar-refractivity contribution in [3.05, 3.63) is 77.9 Å². The third-order valence-electron chi connectivity index (χ3n) is 6.84. The van der Waals surface area contributed by atoms with Gasteiger partial charge in [0.25, 0.3) is 0 Å². The van der Waals surface area contributed by atoms with Gasteiger partial charge in [-0.25, -0.2) is 0 Å². The molecule has 4 atom stereocenters. The molecule has 1 unspecified atom stereocenters. The van der Waals surface area contributed by atoms with Crippen molar-refractivity contribution >= 4 is 5.69 Å². The predicted molar refractivity (Wildman–Crippen MR) is 110 cm³/mol. The first-order valence-corrected chi connectivity index (χ1v) is 9.91. The number of hydrogen-bond acceptors (Lipinski definition) is 1. The minimum Gasteiger partial charge on any atom is -0.378 e. The molecule has 0 fully saturated rings. The minimum atomic E-state index is 0.0664. The van der Waals surface area contributed by atoms with E-state index in [1.54, 1.807) is 0 Å². The lowest BCUT2D eigenvalue weighted by molar-refractivity contribution is 0.335. The van der Waals surface area contributed by atoms with Gasteiger partial charge in [0, 0.05) is 17.0 Å². The lowest BCUT2D eigenvalue weighted by Crippen LogP contribution is -2.30. The monoisotopic (exact) mass is 341 g/mol. The second-order valence-corrected chi connectivity index (χ2v) is 8.78. The van der Waals surface area contributed by atoms with Gasteiger partial charge in [-0.15, -0.1) is 0 Å². The molecule has 2 aromatic carbocycles. The summed E-state index contributed by atoms with van der Waals surface area (Å²) >= 11 is 0. The summed E-state index contributed by atoms with van der Waals surface area (Å²) in [5.74, 6) is 2.03. The van der Waals surface area contributed by atoms with E-state index in [1.165, 1.54) is 34.4 Å². The Morgan fingerprint density at radius 3 is 2.58 bits per heavy atom. The first kappa shape index (κ1) is 15.9. The molecule has 1 nitrogen and oxygen atoms in total. The van der Waals surface area contributed by atoms with Crippen molar-refractivity contribution in [3.8, 4) is 11.1 Å². The van der Waals surface area contributed by atoms with E-state index in [9.17, 15) is 0 Å². The molecule has 2 aromatic rings. The molecule has 0 amide bonds. The Hall–Kier alpha value is -2.28. The van der Waals surface area contributed by atoms with E-state index in [0.29, 0.717) is 17.9 Å². The fraction of sp³-hybridized carbons (Fsp3) is 0.360. The van der Waals surface area contributed by atoms with Crippen LogP contribution in [-0.4, -0.2) is 6.04 Å². The highest BCUT2D eigenvalue weighted by Crippen LogP contribution is 2.49. The average molecular weight is 341 g/mol. The highest BCUT2D eigenvalue weighted by atomic mass is 14.9. The molecule has 0 radical (unpaired) electrons.